The van der Waals surface area contributed by atoms with E-state index in [4.69, 9.17) is 15.0 Å². The Kier molecular flexibility index (Phi) is 7.41. The number of nitrogens with one attached hydrogen (secondary N) is 1. The summed E-state index contributed by atoms with van der Waals surface area (Å²) in [7, 11) is 0. The molecule has 1 N–H and O–H groups in total. The van der Waals surface area contributed by atoms with Crippen molar-refractivity contribution >= 4 is 33.2 Å². The molecular formula is C45H31N5. The molecule has 0 spiro atoms. The van der Waals surface area contributed by atoms with Gasteiger partial charge in [0.25, 0.3) is 0 Å². The van der Waals surface area contributed by atoms with Gasteiger partial charge in [-0.1, -0.05) is 152 Å². The zero-order valence-corrected chi connectivity index (χ0v) is 27.1. The second kappa shape index (κ2) is 12.6. The van der Waals surface area contributed by atoms with Gasteiger partial charge in [-0.15, -0.1) is 0 Å². The predicted molar refractivity (Wildman–Crippen MR) is 206 cm³/mol. The zero-order chi connectivity index (χ0) is 33.3. The molecule has 0 saturated carbocycles. The van der Waals surface area contributed by atoms with Crippen molar-refractivity contribution < 1.29 is 0 Å². The van der Waals surface area contributed by atoms with Gasteiger partial charge in [0.05, 0.1) is 11.0 Å². The summed E-state index contributed by atoms with van der Waals surface area (Å²) in [6.07, 6.45) is 0. The summed E-state index contributed by atoms with van der Waals surface area (Å²) in [5.74, 6) is 1.81. The van der Waals surface area contributed by atoms with E-state index in [1.807, 2.05) is 36.4 Å². The Morgan fingerprint density at radius 2 is 0.820 bits per heavy atom. The number of fused-ring (bicyclic) bond motifs is 3. The highest BCUT2D eigenvalue weighted by Crippen LogP contribution is 2.37. The van der Waals surface area contributed by atoms with Gasteiger partial charge >= 0.3 is 0 Å². The first-order valence-corrected chi connectivity index (χ1v) is 16.7. The number of para-hydroxylation sites is 4. The highest BCUT2D eigenvalue weighted by atomic mass is 15.2. The van der Waals surface area contributed by atoms with Crippen molar-refractivity contribution in [2.24, 2.45) is 0 Å². The Hall–Kier alpha value is -6.85. The van der Waals surface area contributed by atoms with E-state index in [1.54, 1.807) is 0 Å². The van der Waals surface area contributed by atoms with Gasteiger partial charge < -0.3 is 5.32 Å². The molecule has 0 fully saturated rings. The third kappa shape index (κ3) is 5.37. The van der Waals surface area contributed by atoms with Crippen LogP contribution in [0, 0.1) is 0 Å². The van der Waals surface area contributed by atoms with E-state index >= 15 is 0 Å². The predicted octanol–water partition coefficient (Wildman–Crippen LogP) is 11.4. The second-order valence-corrected chi connectivity index (χ2v) is 12.2. The highest BCUT2D eigenvalue weighted by Gasteiger charge is 2.18. The average molecular weight is 642 g/mol. The monoisotopic (exact) mass is 641 g/mol. The molecule has 5 heteroatoms. The van der Waals surface area contributed by atoms with Gasteiger partial charge in [0.1, 0.15) is 0 Å². The highest BCUT2D eigenvalue weighted by molar-refractivity contribution is 6.09. The lowest BCUT2D eigenvalue weighted by atomic mass is 9.99. The standard InChI is InChI=1S/C45H31N5/c1-3-16-31(17-4-1)35-22-7-11-26-39(35)46-40-27-12-8-23-36(40)33-20-15-21-34(30-33)44-47-43(32-18-5-2-6-19-32)48-45(49-44)50-41-28-13-9-24-37(41)38-25-10-14-29-42(38)50/h1-30,46H. The summed E-state index contributed by atoms with van der Waals surface area (Å²) in [5, 5.41) is 6.06. The van der Waals surface area contributed by atoms with Gasteiger partial charge in [0, 0.05) is 44.4 Å². The van der Waals surface area contributed by atoms with Crippen LogP contribution in [0.1, 0.15) is 0 Å². The molecule has 9 rings (SSSR count). The van der Waals surface area contributed by atoms with E-state index in [0.29, 0.717) is 17.6 Å². The molecule has 0 unspecified atom stereocenters. The molecule has 0 atom stereocenters. The lowest BCUT2D eigenvalue weighted by Gasteiger charge is -2.16. The van der Waals surface area contributed by atoms with E-state index in [1.165, 1.54) is 0 Å². The summed E-state index contributed by atoms with van der Waals surface area (Å²) in [6, 6.07) is 62.7. The molecule has 0 saturated heterocycles. The number of aromatic nitrogens is 4. The topological polar surface area (TPSA) is 55.6 Å². The van der Waals surface area contributed by atoms with Crippen LogP contribution in [0.4, 0.5) is 11.4 Å². The fourth-order valence-corrected chi connectivity index (χ4v) is 6.72. The van der Waals surface area contributed by atoms with E-state index in [-0.39, 0.29) is 0 Å². The van der Waals surface area contributed by atoms with Gasteiger partial charge in [-0.3, -0.25) is 4.57 Å². The van der Waals surface area contributed by atoms with Crippen molar-refractivity contribution in [3.8, 4) is 51.0 Å². The summed E-state index contributed by atoms with van der Waals surface area (Å²) in [4.78, 5) is 15.3. The van der Waals surface area contributed by atoms with Gasteiger partial charge in [0.15, 0.2) is 11.6 Å². The van der Waals surface area contributed by atoms with E-state index in [9.17, 15) is 0 Å². The molecule has 0 aliphatic rings. The van der Waals surface area contributed by atoms with Crippen LogP contribution in [0.5, 0.6) is 0 Å². The number of nitrogens with zero attached hydrogens (tertiary/aromatic N) is 4. The van der Waals surface area contributed by atoms with E-state index in [0.717, 1.165) is 66.6 Å². The number of rotatable bonds is 7. The largest absolute Gasteiger partial charge is 0.355 e. The molecule has 0 amide bonds. The van der Waals surface area contributed by atoms with Crippen molar-refractivity contribution in [1.82, 2.24) is 19.5 Å². The molecule has 0 bridgehead atoms. The third-order valence-electron chi connectivity index (χ3n) is 9.08. The second-order valence-electron chi connectivity index (χ2n) is 12.2. The SMILES string of the molecule is c1ccc(-c2nc(-c3cccc(-c4ccccc4Nc4ccccc4-c4ccccc4)c3)nc(-n3c4ccccc4c4ccccc43)n2)cc1. The molecule has 7 aromatic carbocycles. The Balaban J connectivity index is 1.18. The number of hydrogen-bond donors (Lipinski definition) is 1. The first kappa shape index (κ1) is 29.3. The Morgan fingerprint density at radius 1 is 0.360 bits per heavy atom. The first-order valence-electron chi connectivity index (χ1n) is 16.7. The smallest absolute Gasteiger partial charge is 0.238 e. The molecule has 50 heavy (non-hydrogen) atoms. The quantitative estimate of drug-likeness (QED) is 0.188. The third-order valence-corrected chi connectivity index (χ3v) is 9.08. The van der Waals surface area contributed by atoms with Crippen LogP contribution in [-0.4, -0.2) is 19.5 Å². The maximum absolute atomic E-state index is 5.17. The first-order chi connectivity index (χ1) is 24.8. The van der Waals surface area contributed by atoms with Crippen molar-refractivity contribution in [2.45, 2.75) is 0 Å². The summed E-state index contributed by atoms with van der Waals surface area (Å²) in [5.41, 5.74) is 10.4. The maximum atomic E-state index is 5.17. The van der Waals surface area contributed by atoms with Gasteiger partial charge in [-0.2, -0.15) is 9.97 Å². The van der Waals surface area contributed by atoms with Crippen LogP contribution in [0.15, 0.2) is 182 Å². The van der Waals surface area contributed by atoms with Crippen LogP contribution >= 0.6 is 0 Å². The normalized spacial score (nSPS) is 11.2. The van der Waals surface area contributed by atoms with Crippen LogP contribution in [0.3, 0.4) is 0 Å². The van der Waals surface area contributed by atoms with Crippen LogP contribution < -0.4 is 5.32 Å². The van der Waals surface area contributed by atoms with Gasteiger partial charge in [-0.25, -0.2) is 4.98 Å². The molecule has 0 radical (unpaired) electrons. The Labute approximate surface area is 290 Å². The van der Waals surface area contributed by atoms with Crippen molar-refractivity contribution in [1.29, 1.82) is 0 Å². The minimum Gasteiger partial charge on any atom is -0.355 e. The van der Waals surface area contributed by atoms with Crippen molar-refractivity contribution in [3.05, 3.63) is 182 Å². The molecular weight excluding hydrogens is 611 g/mol. The molecule has 9 aromatic rings. The molecule has 0 aliphatic carbocycles. The van der Waals surface area contributed by atoms with Crippen LogP contribution in [-0.2, 0) is 0 Å². The minimum absolute atomic E-state index is 0.580. The lowest BCUT2D eigenvalue weighted by molar-refractivity contribution is 0.953. The van der Waals surface area contributed by atoms with E-state index in [2.05, 4.69) is 155 Å². The maximum Gasteiger partial charge on any atom is 0.238 e. The van der Waals surface area contributed by atoms with Gasteiger partial charge in [-0.05, 0) is 41.5 Å². The summed E-state index contributed by atoms with van der Waals surface area (Å²) >= 11 is 0. The molecule has 236 valence electrons. The lowest BCUT2D eigenvalue weighted by Crippen LogP contribution is -2.06. The number of anilines is 2. The van der Waals surface area contributed by atoms with Crippen molar-refractivity contribution in [2.75, 3.05) is 5.32 Å². The molecule has 2 heterocycles. The number of hydrogen-bond acceptors (Lipinski definition) is 4. The zero-order valence-electron chi connectivity index (χ0n) is 27.1. The van der Waals surface area contributed by atoms with Gasteiger partial charge in [0.2, 0.25) is 5.95 Å². The van der Waals surface area contributed by atoms with Crippen LogP contribution in [0.2, 0.25) is 0 Å². The van der Waals surface area contributed by atoms with E-state index < -0.39 is 0 Å². The van der Waals surface area contributed by atoms with Crippen LogP contribution in [0.25, 0.3) is 72.8 Å². The molecule has 2 aromatic heterocycles. The number of benzene rings is 7. The summed E-state index contributed by atoms with van der Waals surface area (Å²) in [6.45, 7) is 0. The summed E-state index contributed by atoms with van der Waals surface area (Å²) < 4.78 is 2.15. The minimum atomic E-state index is 0.580. The van der Waals surface area contributed by atoms with Crippen molar-refractivity contribution in [3.63, 3.8) is 0 Å². The average Bonchev–Trinajstić information content (AvgIpc) is 3.53. The fraction of sp³-hybridized carbons (Fsp3) is 0. The Bertz CT molecular complexity index is 2570. The fourth-order valence-electron chi connectivity index (χ4n) is 6.72. The Morgan fingerprint density at radius 3 is 1.46 bits per heavy atom. The molecule has 5 nitrogen and oxygen atoms in total. The molecule has 0 aliphatic heterocycles.